The fraction of sp³-hybridized carbons (Fsp3) is 0.588. The number of aliphatic hydroxyl groups excluding tert-OH is 2. The summed E-state index contributed by atoms with van der Waals surface area (Å²) in [4.78, 5) is 44.5. The first-order valence-electron chi connectivity index (χ1n) is 17.0. The highest BCUT2D eigenvalue weighted by molar-refractivity contribution is 5.76. The number of anilines is 2. The summed E-state index contributed by atoms with van der Waals surface area (Å²) in [6.07, 6.45) is 11.5. The quantitative estimate of drug-likeness (QED) is 0.166. The summed E-state index contributed by atoms with van der Waals surface area (Å²) in [7, 11) is 0. The molecule has 0 bridgehead atoms. The molecule has 2 aliphatic rings. The Morgan fingerprint density at radius 1 is 0.809 bits per heavy atom. The first-order valence-corrected chi connectivity index (χ1v) is 17.0. The Hall–Kier alpha value is -3.94. The zero-order chi connectivity index (χ0) is 32.9. The third-order valence-electron chi connectivity index (χ3n) is 9.42. The van der Waals surface area contributed by atoms with Crippen molar-refractivity contribution in [3.8, 4) is 0 Å². The Bertz CT molecular complexity index is 1820. The number of hydrogen-bond donors (Lipinski definition) is 4. The maximum Gasteiger partial charge on any atom is 0.255 e. The number of ether oxygens (including phenoxy) is 1. The van der Waals surface area contributed by atoms with Gasteiger partial charge in [-0.1, -0.05) is 0 Å². The molecule has 0 spiro atoms. The van der Waals surface area contributed by atoms with E-state index >= 15 is 0 Å². The number of fused-ring (bicyclic) bond motifs is 2. The molecule has 4 N–H and O–H groups in total. The molecule has 47 heavy (non-hydrogen) atoms. The van der Waals surface area contributed by atoms with Crippen LogP contribution in [0.5, 0.6) is 0 Å². The van der Waals surface area contributed by atoms with E-state index in [-0.39, 0.29) is 42.0 Å². The van der Waals surface area contributed by atoms with E-state index in [1.54, 1.807) is 28.5 Å². The van der Waals surface area contributed by atoms with Crippen LogP contribution < -0.4 is 21.8 Å². The van der Waals surface area contributed by atoms with Gasteiger partial charge in [0.15, 0.2) is 0 Å². The van der Waals surface area contributed by atoms with Crippen LogP contribution >= 0.6 is 0 Å². The SMILES string of the molecule is Cc1cc2cnc(NC3CCC(O)CC3)nc2n(CCCOC2CCCC(Nc3ncc4cc(C)c(=O)n(CCCO)c4n3)C2)c1=O. The second-order valence-corrected chi connectivity index (χ2v) is 13.1. The van der Waals surface area contributed by atoms with Crippen LogP contribution in [-0.4, -0.2) is 76.8 Å². The standard InChI is InChI=1S/C34H46N8O5/c1-21-16-23-20-36-34(40-29(23)41(31(21)45)12-4-14-43)38-26-6-3-7-28(18-26)47-15-5-13-42-30-24(17-22(2)32(42)46)19-35-33(39-30)37-25-8-10-27(44)11-9-25/h16-17,19-20,25-28,43-44H,3-15,18H2,1-2H3,(H,35,37,39)(H,36,38,40). The van der Waals surface area contributed by atoms with Gasteiger partial charge in [-0.05, 0) is 90.2 Å². The molecule has 2 unspecified atom stereocenters. The molecule has 0 aromatic carbocycles. The van der Waals surface area contributed by atoms with Crippen molar-refractivity contribution in [1.29, 1.82) is 0 Å². The lowest BCUT2D eigenvalue weighted by Crippen LogP contribution is -2.33. The summed E-state index contributed by atoms with van der Waals surface area (Å²) in [6.45, 7) is 4.99. The molecule has 2 fully saturated rings. The van der Waals surface area contributed by atoms with Gasteiger partial charge in [0.2, 0.25) is 11.9 Å². The van der Waals surface area contributed by atoms with E-state index in [2.05, 4.69) is 20.6 Å². The predicted octanol–water partition coefficient (Wildman–Crippen LogP) is 3.44. The highest BCUT2D eigenvalue weighted by Gasteiger charge is 2.24. The largest absolute Gasteiger partial charge is 0.396 e. The molecule has 6 rings (SSSR count). The van der Waals surface area contributed by atoms with Crippen molar-refractivity contribution in [2.45, 2.75) is 115 Å². The van der Waals surface area contributed by atoms with E-state index in [1.165, 1.54) is 0 Å². The molecule has 0 saturated heterocycles. The van der Waals surface area contributed by atoms with Crippen molar-refractivity contribution < 1.29 is 14.9 Å². The lowest BCUT2D eigenvalue weighted by molar-refractivity contribution is 0.0227. The Balaban J connectivity index is 1.06. The monoisotopic (exact) mass is 646 g/mol. The first-order chi connectivity index (χ1) is 22.8. The molecule has 4 aromatic heterocycles. The van der Waals surface area contributed by atoms with E-state index in [9.17, 15) is 19.8 Å². The minimum atomic E-state index is -0.232. The third kappa shape index (κ3) is 7.79. The van der Waals surface area contributed by atoms with Gasteiger partial charge in [-0.2, -0.15) is 9.97 Å². The lowest BCUT2D eigenvalue weighted by atomic mass is 9.93. The van der Waals surface area contributed by atoms with Crippen LogP contribution in [0.4, 0.5) is 11.9 Å². The summed E-state index contributed by atoms with van der Waals surface area (Å²) in [6, 6.07) is 3.99. The Morgan fingerprint density at radius 2 is 1.38 bits per heavy atom. The molecule has 13 heteroatoms. The summed E-state index contributed by atoms with van der Waals surface area (Å²) in [5, 5.41) is 27.6. The van der Waals surface area contributed by atoms with Gasteiger partial charge >= 0.3 is 0 Å². The van der Waals surface area contributed by atoms with E-state index in [0.29, 0.717) is 66.9 Å². The molecular formula is C34H46N8O5. The predicted molar refractivity (Wildman–Crippen MR) is 181 cm³/mol. The Kier molecular flexibility index (Phi) is 10.4. The molecular weight excluding hydrogens is 600 g/mol. The molecule has 4 heterocycles. The fourth-order valence-electron chi connectivity index (χ4n) is 6.88. The maximum atomic E-state index is 13.2. The zero-order valence-electron chi connectivity index (χ0n) is 27.3. The first kappa shape index (κ1) is 33.0. The number of aromatic nitrogens is 6. The molecule has 2 aliphatic carbocycles. The van der Waals surface area contributed by atoms with Crippen molar-refractivity contribution in [3.05, 3.63) is 56.4 Å². The Labute approximate surface area is 273 Å². The summed E-state index contributed by atoms with van der Waals surface area (Å²) < 4.78 is 9.67. The highest BCUT2D eigenvalue weighted by Crippen LogP contribution is 2.25. The molecule has 0 amide bonds. The number of aryl methyl sites for hydroxylation is 4. The smallest absolute Gasteiger partial charge is 0.255 e. The second-order valence-electron chi connectivity index (χ2n) is 13.1. The molecule has 4 aromatic rings. The van der Waals surface area contributed by atoms with Crippen LogP contribution in [-0.2, 0) is 17.8 Å². The summed E-state index contributed by atoms with van der Waals surface area (Å²) in [5.74, 6) is 0.985. The maximum absolute atomic E-state index is 13.2. The molecule has 2 saturated carbocycles. The third-order valence-corrected chi connectivity index (χ3v) is 9.42. The lowest BCUT2D eigenvalue weighted by Gasteiger charge is -2.30. The van der Waals surface area contributed by atoms with Gasteiger partial charge in [0.05, 0.1) is 12.2 Å². The van der Waals surface area contributed by atoms with E-state index < -0.39 is 0 Å². The van der Waals surface area contributed by atoms with Crippen molar-refractivity contribution in [2.24, 2.45) is 0 Å². The van der Waals surface area contributed by atoms with Crippen LogP contribution in [0.1, 0.15) is 75.3 Å². The Morgan fingerprint density at radius 3 is 1.98 bits per heavy atom. The number of pyridine rings is 2. The summed E-state index contributed by atoms with van der Waals surface area (Å²) in [5.41, 5.74) is 2.30. The van der Waals surface area contributed by atoms with Gasteiger partial charge in [0, 0.05) is 72.7 Å². The van der Waals surface area contributed by atoms with Crippen LogP contribution in [0.25, 0.3) is 22.1 Å². The number of aliphatic hydroxyl groups is 2. The summed E-state index contributed by atoms with van der Waals surface area (Å²) >= 11 is 0. The average Bonchev–Trinajstić information content (AvgIpc) is 3.06. The van der Waals surface area contributed by atoms with Crippen molar-refractivity contribution >= 4 is 34.0 Å². The molecule has 0 radical (unpaired) electrons. The van der Waals surface area contributed by atoms with Gasteiger partial charge in [-0.3, -0.25) is 18.7 Å². The molecule has 0 aliphatic heterocycles. The fourth-order valence-corrected chi connectivity index (χ4v) is 6.88. The number of hydrogen-bond acceptors (Lipinski definition) is 11. The van der Waals surface area contributed by atoms with Gasteiger partial charge in [-0.25, -0.2) is 9.97 Å². The minimum Gasteiger partial charge on any atom is -0.396 e. The topological polar surface area (TPSA) is 169 Å². The van der Waals surface area contributed by atoms with Crippen molar-refractivity contribution in [2.75, 3.05) is 23.8 Å². The number of rotatable bonds is 12. The minimum absolute atomic E-state index is 0.0000432. The normalized spacial score (nSPS) is 21.7. The van der Waals surface area contributed by atoms with Gasteiger partial charge in [-0.15, -0.1) is 0 Å². The van der Waals surface area contributed by atoms with Crippen LogP contribution in [0.15, 0.2) is 34.1 Å². The number of nitrogens with one attached hydrogen (secondary N) is 2. The van der Waals surface area contributed by atoms with Gasteiger partial charge < -0.3 is 25.6 Å². The second kappa shape index (κ2) is 14.9. The van der Waals surface area contributed by atoms with Crippen LogP contribution in [0, 0.1) is 13.8 Å². The van der Waals surface area contributed by atoms with Gasteiger partial charge in [0.25, 0.3) is 11.1 Å². The zero-order valence-corrected chi connectivity index (χ0v) is 27.3. The van der Waals surface area contributed by atoms with E-state index in [4.69, 9.17) is 14.7 Å². The van der Waals surface area contributed by atoms with Crippen molar-refractivity contribution in [3.63, 3.8) is 0 Å². The molecule has 252 valence electrons. The molecule has 13 nitrogen and oxygen atoms in total. The highest BCUT2D eigenvalue weighted by atomic mass is 16.5. The average molecular weight is 647 g/mol. The van der Waals surface area contributed by atoms with E-state index in [0.717, 1.165) is 62.1 Å². The van der Waals surface area contributed by atoms with Gasteiger partial charge in [0.1, 0.15) is 11.3 Å². The van der Waals surface area contributed by atoms with Crippen molar-refractivity contribution in [1.82, 2.24) is 29.1 Å². The van der Waals surface area contributed by atoms with Crippen LogP contribution in [0.3, 0.4) is 0 Å². The molecule has 2 atom stereocenters. The van der Waals surface area contributed by atoms with Crippen LogP contribution in [0.2, 0.25) is 0 Å². The van der Waals surface area contributed by atoms with E-state index in [1.807, 2.05) is 19.1 Å². The number of nitrogens with zero attached hydrogens (tertiary/aromatic N) is 6.